The maximum Gasteiger partial charge on any atom is 0.192 e. The number of ketones is 1. The van der Waals surface area contributed by atoms with Crippen LogP contribution in [-0.4, -0.2) is 26.3 Å². The van der Waals surface area contributed by atoms with Crippen LogP contribution in [0.3, 0.4) is 0 Å². The quantitative estimate of drug-likeness (QED) is 0.288. The van der Waals surface area contributed by atoms with E-state index in [2.05, 4.69) is 22.3 Å². The molecule has 0 spiro atoms. The molecule has 0 aliphatic heterocycles. The van der Waals surface area contributed by atoms with Crippen LogP contribution in [0.5, 0.6) is 0 Å². The van der Waals surface area contributed by atoms with E-state index in [-0.39, 0.29) is 5.78 Å². The monoisotopic (exact) mass is 419 g/mol. The normalized spacial score (nSPS) is 10.8. The Hall–Kier alpha value is -2.89. The van der Waals surface area contributed by atoms with Gasteiger partial charge in [-0.3, -0.25) is 9.36 Å². The number of Topliss-reactive ketones (excluding diaryl/α,β-unsaturated/α-hetero) is 1. The molecule has 144 valence electrons. The van der Waals surface area contributed by atoms with Crippen molar-refractivity contribution in [2.75, 3.05) is 5.75 Å². The van der Waals surface area contributed by atoms with E-state index in [1.54, 1.807) is 0 Å². The number of nitrogens with zero attached hydrogens (tertiary/aromatic N) is 3. The summed E-state index contributed by atoms with van der Waals surface area (Å²) < 4.78 is 2.04. The number of carbonyl (C=O) groups excluding carboxylic acids is 1. The highest BCUT2D eigenvalue weighted by molar-refractivity contribution is 7.99. The smallest absolute Gasteiger partial charge is 0.192 e. The number of hydrogen-bond acceptors (Lipinski definition) is 4. The highest BCUT2D eigenvalue weighted by atomic mass is 35.5. The van der Waals surface area contributed by atoms with Crippen molar-refractivity contribution < 1.29 is 4.79 Å². The first-order chi connectivity index (χ1) is 14.2. The van der Waals surface area contributed by atoms with Gasteiger partial charge < -0.3 is 0 Å². The van der Waals surface area contributed by atoms with Crippen LogP contribution in [0.1, 0.15) is 15.9 Å². The molecule has 4 aromatic rings. The van der Waals surface area contributed by atoms with E-state index in [1.165, 1.54) is 11.8 Å². The zero-order valence-electron chi connectivity index (χ0n) is 15.5. The van der Waals surface area contributed by atoms with E-state index in [0.29, 0.717) is 28.0 Å². The Bertz CT molecular complexity index is 1100. The summed E-state index contributed by atoms with van der Waals surface area (Å²) in [5.74, 6) is 1.12. The Kier molecular flexibility index (Phi) is 6.08. The Morgan fingerprint density at radius 1 is 0.862 bits per heavy atom. The van der Waals surface area contributed by atoms with Crippen LogP contribution < -0.4 is 0 Å². The molecule has 1 aromatic heterocycles. The Balaban J connectivity index is 1.62. The van der Waals surface area contributed by atoms with Crippen LogP contribution in [0, 0.1) is 0 Å². The summed E-state index contributed by atoms with van der Waals surface area (Å²) in [6.07, 6.45) is 0. The van der Waals surface area contributed by atoms with Gasteiger partial charge >= 0.3 is 0 Å². The number of thioether (sulfide) groups is 1. The molecule has 0 fully saturated rings. The lowest BCUT2D eigenvalue weighted by Crippen LogP contribution is -2.07. The van der Waals surface area contributed by atoms with Crippen molar-refractivity contribution in [3.05, 3.63) is 101 Å². The van der Waals surface area contributed by atoms with E-state index < -0.39 is 0 Å². The highest BCUT2D eigenvalue weighted by Crippen LogP contribution is 2.26. The second kappa shape index (κ2) is 9.07. The third-order valence-corrected chi connectivity index (χ3v) is 5.65. The SMILES string of the molecule is O=C(CSc1nnc(-c2ccc(Cl)cc2)n1Cc1ccccc1)c1ccccc1. The summed E-state index contributed by atoms with van der Waals surface area (Å²) in [6, 6.07) is 27.0. The van der Waals surface area contributed by atoms with E-state index in [9.17, 15) is 4.79 Å². The molecule has 0 N–H and O–H groups in total. The van der Waals surface area contributed by atoms with Crippen molar-refractivity contribution in [3.63, 3.8) is 0 Å². The molecule has 0 saturated carbocycles. The molecule has 0 unspecified atom stereocenters. The molecule has 4 nitrogen and oxygen atoms in total. The van der Waals surface area contributed by atoms with Crippen LogP contribution in [0.2, 0.25) is 5.02 Å². The lowest BCUT2D eigenvalue weighted by molar-refractivity contribution is 0.102. The van der Waals surface area contributed by atoms with E-state index in [1.807, 2.05) is 77.4 Å². The van der Waals surface area contributed by atoms with Crippen molar-refractivity contribution in [1.82, 2.24) is 14.8 Å². The number of aromatic nitrogens is 3. The average molecular weight is 420 g/mol. The molecule has 0 aliphatic rings. The minimum atomic E-state index is 0.0675. The van der Waals surface area contributed by atoms with Crippen LogP contribution in [0.15, 0.2) is 90.1 Å². The summed E-state index contributed by atoms with van der Waals surface area (Å²) in [6.45, 7) is 0.619. The van der Waals surface area contributed by atoms with E-state index in [4.69, 9.17) is 11.6 Å². The van der Waals surface area contributed by atoms with Gasteiger partial charge in [-0.1, -0.05) is 84.0 Å². The highest BCUT2D eigenvalue weighted by Gasteiger charge is 2.16. The maximum absolute atomic E-state index is 12.5. The van der Waals surface area contributed by atoms with Gasteiger partial charge in [0.1, 0.15) is 0 Å². The van der Waals surface area contributed by atoms with Gasteiger partial charge in [-0.15, -0.1) is 10.2 Å². The summed E-state index contributed by atoms with van der Waals surface area (Å²) in [4.78, 5) is 12.5. The van der Waals surface area contributed by atoms with E-state index >= 15 is 0 Å². The van der Waals surface area contributed by atoms with Gasteiger partial charge in [0.05, 0.1) is 12.3 Å². The first kappa shape index (κ1) is 19.4. The average Bonchev–Trinajstić information content (AvgIpc) is 3.16. The van der Waals surface area contributed by atoms with Gasteiger partial charge in [-0.2, -0.15) is 0 Å². The second-order valence-electron chi connectivity index (χ2n) is 6.46. The van der Waals surface area contributed by atoms with Crippen LogP contribution in [-0.2, 0) is 6.54 Å². The minimum Gasteiger partial charge on any atom is -0.298 e. The lowest BCUT2D eigenvalue weighted by atomic mass is 10.2. The fraction of sp³-hybridized carbons (Fsp3) is 0.0870. The summed E-state index contributed by atoms with van der Waals surface area (Å²) in [5, 5.41) is 10.2. The molecule has 0 radical (unpaired) electrons. The van der Waals surface area contributed by atoms with Crippen LogP contribution in [0.4, 0.5) is 0 Å². The van der Waals surface area contributed by atoms with Crippen molar-refractivity contribution in [3.8, 4) is 11.4 Å². The van der Waals surface area contributed by atoms with Gasteiger partial charge in [-0.25, -0.2) is 0 Å². The zero-order valence-corrected chi connectivity index (χ0v) is 17.1. The third-order valence-electron chi connectivity index (χ3n) is 4.43. The maximum atomic E-state index is 12.5. The number of carbonyl (C=O) groups is 1. The van der Waals surface area contributed by atoms with Crippen LogP contribution >= 0.6 is 23.4 Å². The molecule has 0 bridgehead atoms. The molecular formula is C23H18ClN3OS. The van der Waals surface area contributed by atoms with Crippen molar-refractivity contribution >= 4 is 29.1 Å². The summed E-state index contributed by atoms with van der Waals surface area (Å²) in [7, 11) is 0. The molecule has 4 rings (SSSR count). The Morgan fingerprint density at radius 3 is 2.21 bits per heavy atom. The first-order valence-electron chi connectivity index (χ1n) is 9.15. The second-order valence-corrected chi connectivity index (χ2v) is 7.84. The third kappa shape index (κ3) is 4.75. The standard InChI is InChI=1S/C23H18ClN3OS/c24-20-13-11-19(12-14-20)22-25-26-23(27(22)15-17-7-3-1-4-8-17)29-16-21(28)18-9-5-2-6-10-18/h1-14H,15-16H2. The molecule has 0 atom stereocenters. The van der Waals surface area contributed by atoms with Crippen molar-refractivity contribution in [1.29, 1.82) is 0 Å². The first-order valence-corrected chi connectivity index (χ1v) is 10.5. The molecule has 0 saturated heterocycles. The summed E-state index contributed by atoms with van der Waals surface area (Å²) >= 11 is 7.43. The van der Waals surface area contributed by atoms with E-state index in [0.717, 1.165) is 17.0 Å². The number of halogens is 1. The Morgan fingerprint density at radius 2 is 1.52 bits per heavy atom. The molecule has 1 heterocycles. The molecule has 0 amide bonds. The fourth-order valence-electron chi connectivity index (χ4n) is 2.95. The van der Waals surface area contributed by atoms with Crippen molar-refractivity contribution in [2.24, 2.45) is 0 Å². The van der Waals surface area contributed by atoms with Gasteiger partial charge in [0.15, 0.2) is 16.8 Å². The predicted molar refractivity (Wildman–Crippen MR) is 118 cm³/mol. The topological polar surface area (TPSA) is 47.8 Å². The van der Waals surface area contributed by atoms with Crippen molar-refractivity contribution in [2.45, 2.75) is 11.7 Å². The predicted octanol–water partition coefficient (Wildman–Crippen LogP) is 5.62. The molecule has 0 aliphatic carbocycles. The number of benzene rings is 3. The number of rotatable bonds is 7. The lowest BCUT2D eigenvalue weighted by Gasteiger charge is -2.10. The van der Waals surface area contributed by atoms with Gasteiger partial charge in [-0.05, 0) is 29.8 Å². The number of hydrogen-bond donors (Lipinski definition) is 0. The Labute approximate surface area is 178 Å². The largest absolute Gasteiger partial charge is 0.298 e. The van der Waals surface area contributed by atoms with Gasteiger partial charge in [0.2, 0.25) is 0 Å². The van der Waals surface area contributed by atoms with Crippen LogP contribution in [0.25, 0.3) is 11.4 Å². The zero-order chi connectivity index (χ0) is 20.1. The fourth-order valence-corrected chi connectivity index (χ4v) is 3.91. The molecule has 3 aromatic carbocycles. The summed E-state index contributed by atoms with van der Waals surface area (Å²) in [5.41, 5.74) is 2.77. The molecular weight excluding hydrogens is 402 g/mol. The molecule has 29 heavy (non-hydrogen) atoms. The van der Waals surface area contributed by atoms with Gasteiger partial charge in [0.25, 0.3) is 0 Å². The van der Waals surface area contributed by atoms with Gasteiger partial charge in [0, 0.05) is 16.1 Å². The molecule has 6 heteroatoms. The minimum absolute atomic E-state index is 0.0675.